The van der Waals surface area contributed by atoms with E-state index >= 15 is 0 Å². The van der Waals surface area contributed by atoms with Gasteiger partial charge in [0.1, 0.15) is 18.1 Å². The summed E-state index contributed by atoms with van der Waals surface area (Å²) in [6.07, 6.45) is 2.43. The fourth-order valence-electron chi connectivity index (χ4n) is 3.19. The van der Waals surface area contributed by atoms with Crippen molar-refractivity contribution in [3.05, 3.63) is 88.3 Å². The molecule has 0 spiro atoms. The van der Waals surface area contributed by atoms with Crippen LogP contribution in [0.2, 0.25) is 0 Å². The minimum atomic E-state index is -0.266. The molecule has 0 saturated heterocycles. The molecule has 3 rings (SSSR count). The molecule has 7 heteroatoms. The van der Waals surface area contributed by atoms with Gasteiger partial charge in [-0.05, 0) is 43.2 Å². The Morgan fingerprint density at radius 3 is 2.41 bits per heavy atom. The molecule has 32 heavy (non-hydrogen) atoms. The second kappa shape index (κ2) is 11.6. The Morgan fingerprint density at radius 2 is 1.69 bits per heavy atom. The highest BCUT2D eigenvalue weighted by atomic mass is 16.5. The summed E-state index contributed by atoms with van der Waals surface area (Å²) in [7, 11) is 1.61. The second-order valence-corrected chi connectivity index (χ2v) is 7.19. The first kappa shape index (κ1) is 22.9. The Labute approximate surface area is 187 Å². The zero-order valence-electron chi connectivity index (χ0n) is 18.4. The minimum Gasteiger partial charge on any atom is -0.497 e. The van der Waals surface area contributed by atoms with Gasteiger partial charge in [0.15, 0.2) is 12.4 Å². The fraction of sp³-hybridized carbons (Fsp3) is 0.280. The first-order chi connectivity index (χ1) is 15.6. The average Bonchev–Trinajstić information content (AvgIpc) is 2.81. The number of ether oxygens (including phenoxy) is 3. The predicted octanol–water partition coefficient (Wildman–Crippen LogP) is 2.98. The van der Waals surface area contributed by atoms with E-state index in [-0.39, 0.29) is 23.7 Å². The van der Waals surface area contributed by atoms with Gasteiger partial charge in [0.2, 0.25) is 5.43 Å². The summed E-state index contributed by atoms with van der Waals surface area (Å²) in [5, 5.41) is 2.81. The molecule has 0 aliphatic rings. The summed E-state index contributed by atoms with van der Waals surface area (Å²) in [5.41, 5.74) is 1.53. The van der Waals surface area contributed by atoms with E-state index in [1.165, 1.54) is 6.07 Å². The zero-order chi connectivity index (χ0) is 22.8. The van der Waals surface area contributed by atoms with Crippen LogP contribution in [-0.2, 0) is 17.8 Å². The van der Waals surface area contributed by atoms with E-state index in [1.807, 2.05) is 59.2 Å². The lowest BCUT2D eigenvalue weighted by atomic mass is 10.1. The van der Waals surface area contributed by atoms with Crippen molar-refractivity contribution in [3.8, 4) is 17.2 Å². The van der Waals surface area contributed by atoms with Gasteiger partial charge in [-0.25, -0.2) is 0 Å². The van der Waals surface area contributed by atoms with Gasteiger partial charge in [-0.2, -0.15) is 0 Å². The number of benzene rings is 2. The molecule has 0 saturated carbocycles. The number of methoxy groups -OCH3 is 1. The number of nitrogens with zero attached hydrogens (tertiary/aromatic N) is 1. The largest absolute Gasteiger partial charge is 0.497 e. The Bertz CT molecular complexity index is 1060. The molecule has 1 N–H and O–H groups in total. The van der Waals surface area contributed by atoms with Crippen LogP contribution in [0.15, 0.2) is 71.7 Å². The number of aromatic nitrogens is 1. The van der Waals surface area contributed by atoms with Gasteiger partial charge in [-0.15, -0.1) is 0 Å². The van der Waals surface area contributed by atoms with Crippen molar-refractivity contribution in [1.29, 1.82) is 0 Å². The van der Waals surface area contributed by atoms with E-state index in [4.69, 9.17) is 14.2 Å². The second-order valence-electron chi connectivity index (χ2n) is 7.19. The molecule has 0 fully saturated rings. The highest BCUT2D eigenvalue weighted by molar-refractivity contribution is 5.77. The molecule has 3 aromatic rings. The first-order valence-electron chi connectivity index (χ1n) is 10.5. The molecule has 1 aromatic heterocycles. The van der Waals surface area contributed by atoms with Crippen molar-refractivity contribution < 1.29 is 19.0 Å². The third kappa shape index (κ3) is 6.63. The normalized spacial score (nSPS) is 10.4. The Balaban J connectivity index is 1.49. The molecule has 1 heterocycles. The molecule has 0 aliphatic heterocycles. The van der Waals surface area contributed by atoms with Gasteiger partial charge >= 0.3 is 0 Å². The van der Waals surface area contributed by atoms with Gasteiger partial charge in [-0.1, -0.05) is 30.3 Å². The number of hydrogen-bond donors (Lipinski definition) is 1. The summed E-state index contributed by atoms with van der Waals surface area (Å²) in [5.74, 6) is 1.40. The van der Waals surface area contributed by atoms with Crippen molar-refractivity contribution in [2.45, 2.75) is 19.9 Å². The zero-order valence-corrected chi connectivity index (χ0v) is 18.4. The highest BCUT2D eigenvalue weighted by Gasteiger charge is 2.11. The summed E-state index contributed by atoms with van der Waals surface area (Å²) < 4.78 is 18.3. The van der Waals surface area contributed by atoms with Gasteiger partial charge in [-0.3, -0.25) is 9.59 Å². The van der Waals surface area contributed by atoms with Gasteiger partial charge in [0.05, 0.1) is 19.3 Å². The van der Waals surface area contributed by atoms with Crippen LogP contribution in [0.4, 0.5) is 0 Å². The van der Waals surface area contributed by atoms with Crippen molar-refractivity contribution in [2.24, 2.45) is 0 Å². The lowest BCUT2D eigenvalue weighted by Gasteiger charge is -2.15. The Hall–Kier alpha value is -3.74. The lowest BCUT2D eigenvalue weighted by Crippen LogP contribution is -2.31. The summed E-state index contributed by atoms with van der Waals surface area (Å²) in [6.45, 7) is 3.02. The molecule has 0 bridgehead atoms. The topological polar surface area (TPSA) is 78.8 Å². The van der Waals surface area contributed by atoms with Gasteiger partial charge < -0.3 is 24.1 Å². The maximum atomic E-state index is 12.2. The minimum absolute atomic E-state index is 0.176. The third-order valence-corrected chi connectivity index (χ3v) is 4.98. The van der Waals surface area contributed by atoms with E-state index in [2.05, 4.69) is 5.32 Å². The van der Waals surface area contributed by atoms with Crippen LogP contribution >= 0.6 is 0 Å². The fourth-order valence-corrected chi connectivity index (χ4v) is 3.19. The standard InChI is InChI=1S/C25H28N2O5/c1-19-25(32-18-24(29)26-14-12-20-6-4-3-5-7-20)23(28)13-15-27(19)16-17-31-22-10-8-21(30-2)9-11-22/h3-11,13,15H,12,14,16-18H2,1-2H3,(H,26,29). The number of carbonyl (C=O) groups is 1. The SMILES string of the molecule is COc1ccc(OCCn2ccc(=O)c(OCC(=O)NCCc3ccccc3)c2C)cc1. The molecule has 0 atom stereocenters. The van der Waals surface area contributed by atoms with Crippen molar-refractivity contribution >= 4 is 5.91 Å². The predicted molar refractivity (Wildman–Crippen MR) is 123 cm³/mol. The Morgan fingerprint density at radius 1 is 0.969 bits per heavy atom. The molecular weight excluding hydrogens is 408 g/mol. The smallest absolute Gasteiger partial charge is 0.257 e. The molecule has 0 unspecified atom stereocenters. The van der Waals surface area contributed by atoms with E-state index < -0.39 is 0 Å². The van der Waals surface area contributed by atoms with Crippen molar-refractivity contribution in [2.75, 3.05) is 26.9 Å². The maximum Gasteiger partial charge on any atom is 0.257 e. The van der Waals surface area contributed by atoms with Crippen LogP contribution in [0, 0.1) is 6.92 Å². The number of pyridine rings is 1. The molecule has 0 aliphatic carbocycles. The van der Waals surface area contributed by atoms with Crippen LogP contribution in [0.3, 0.4) is 0 Å². The average molecular weight is 437 g/mol. The summed E-state index contributed by atoms with van der Waals surface area (Å²) in [4.78, 5) is 24.4. The highest BCUT2D eigenvalue weighted by Crippen LogP contribution is 2.17. The quantitative estimate of drug-likeness (QED) is 0.500. The van der Waals surface area contributed by atoms with Crippen LogP contribution in [0.1, 0.15) is 11.3 Å². The third-order valence-electron chi connectivity index (χ3n) is 4.98. The molecule has 1 amide bonds. The number of carbonyl (C=O) groups excluding carboxylic acids is 1. The number of hydrogen-bond acceptors (Lipinski definition) is 5. The Kier molecular flexibility index (Phi) is 8.31. The van der Waals surface area contributed by atoms with E-state index in [0.717, 1.165) is 23.5 Å². The van der Waals surface area contributed by atoms with Crippen LogP contribution in [0.25, 0.3) is 0 Å². The first-order valence-corrected chi connectivity index (χ1v) is 10.5. The van der Waals surface area contributed by atoms with Gasteiger partial charge in [0.25, 0.3) is 5.91 Å². The molecule has 2 aromatic carbocycles. The lowest BCUT2D eigenvalue weighted by molar-refractivity contribution is -0.123. The number of rotatable bonds is 11. The van der Waals surface area contributed by atoms with Crippen LogP contribution < -0.4 is 25.0 Å². The van der Waals surface area contributed by atoms with E-state index in [9.17, 15) is 9.59 Å². The molecule has 0 radical (unpaired) electrons. The van der Waals surface area contributed by atoms with E-state index in [0.29, 0.717) is 25.4 Å². The monoisotopic (exact) mass is 436 g/mol. The molecule has 7 nitrogen and oxygen atoms in total. The summed E-state index contributed by atoms with van der Waals surface area (Å²) in [6, 6.07) is 18.7. The van der Waals surface area contributed by atoms with Gasteiger partial charge in [0, 0.05) is 18.8 Å². The summed E-state index contributed by atoms with van der Waals surface area (Å²) >= 11 is 0. The van der Waals surface area contributed by atoms with E-state index in [1.54, 1.807) is 20.2 Å². The molecule has 168 valence electrons. The van der Waals surface area contributed by atoms with Crippen molar-refractivity contribution in [3.63, 3.8) is 0 Å². The number of nitrogens with one attached hydrogen (secondary N) is 1. The van der Waals surface area contributed by atoms with Crippen LogP contribution in [0.5, 0.6) is 17.2 Å². The number of amides is 1. The maximum absolute atomic E-state index is 12.2. The van der Waals surface area contributed by atoms with Crippen LogP contribution in [-0.4, -0.2) is 37.3 Å². The van der Waals surface area contributed by atoms with Crippen molar-refractivity contribution in [1.82, 2.24) is 9.88 Å². The molecular formula is C25H28N2O5.